The number of rotatable bonds is 3. The van der Waals surface area contributed by atoms with E-state index < -0.39 is 11.6 Å². The van der Waals surface area contributed by atoms with Crippen molar-refractivity contribution in [3.63, 3.8) is 0 Å². The Hall–Kier alpha value is -2.36. The van der Waals surface area contributed by atoms with E-state index in [0.717, 1.165) is 30.2 Å². The lowest BCUT2D eigenvalue weighted by molar-refractivity contribution is -0.139. The van der Waals surface area contributed by atoms with Gasteiger partial charge >= 0.3 is 11.6 Å². The average molecular weight is 298 g/mol. The van der Waals surface area contributed by atoms with Crippen molar-refractivity contribution in [2.24, 2.45) is 0 Å². The summed E-state index contributed by atoms with van der Waals surface area (Å²) in [7, 11) is 0. The van der Waals surface area contributed by atoms with Crippen LogP contribution in [-0.2, 0) is 29.0 Å². The van der Waals surface area contributed by atoms with Crippen molar-refractivity contribution in [2.45, 2.75) is 39.7 Å². The number of fused-ring (bicyclic) bond motifs is 2. The van der Waals surface area contributed by atoms with Crippen molar-refractivity contribution >= 4 is 16.9 Å². The second-order valence-electron chi connectivity index (χ2n) is 5.89. The lowest BCUT2D eigenvalue weighted by Gasteiger charge is -2.08. The number of allylic oxidation sites excluding steroid dienone is 1. The number of benzene rings is 1. The smallest absolute Gasteiger partial charge is 0.336 e. The van der Waals surface area contributed by atoms with E-state index in [9.17, 15) is 9.59 Å². The monoisotopic (exact) mass is 298 g/mol. The van der Waals surface area contributed by atoms with Crippen LogP contribution >= 0.6 is 0 Å². The van der Waals surface area contributed by atoms with Crippen LogP contribution in [0, 0.1) is 0 Å². The Balaban J connectivity index is 1.96. The third-order valence-electron chi connectivity index (χ3n) is 3.82. The summed E-state index contributed by atoms with van der Waals surface area (Å²) in [5.74, 6) is -0.400. The minimum atomic E-state index is -0.418. The molecule has 0 saturated carbocycles. The predicted octanol–water partition coefficient (Wildman–Crippen LogP) is 3.29. The van der Waals surface area contributed by atoms with Gasteiger partial charge in [-0.1, -0.05) is 5.57 Å². The zero-order valence-corrected chi connectivity index (χ0v) is 12.8. The van der Waals surface area contributed by atoms with Crippen LogP contribution in [0.5, 0.6) is 0 Å². The molecule has 0 saturated heterocycles. The zero-order chi connectivity index (χ0) is 15.7. The van der Waals surface area contributed by atoms with Crippen molar-refractivity contribution in [1.82, 2.24) is 0 Å². The molecule has 1 heterocycles. The molecule has 0 radical (unpaired) electrons. The molecule has 1 aromatic heterocycles. The fourth-order valence-corrected chi connectivity index (χ4v) is 2.84. The van der Waals surface area contributed by atoms with Gasteiger partial charge in [0.15, 0.2) is 0 Å². The molecule has 114 valence electrons. The second-order valence-corrected chi connectivity index (χ2v) is 5.89. The molecule has 0 aliphatic heterocycles. The van der Waals surface area contributed by atoms with E-state index in [2.05, 4.69) is 6.07 Å². The van der Waals surface area contributed by atoms with Gasteiger partial charge in [-0.05, 0) is 56.4 Å². The first-order valence-electron chi connectivity index (χ1n) is 7.43. The summed E-state index contributed by atoms with van der Waals surface area (Å²) in [5, 5.41) is 0.852. The van der Waals surface area contributed by atoms with Crippen LogP contribution in [0.3, 0.4) is 0 Å². The van der Waals surface area contributed by atoms with E-state index in [-0.39, 0.29) is 6.61 Å². The Kier molecular flexibility index (Phi) is 3.84. The van der Waals surface area contributed by atoms with Gasteiger partial charge in [0.05, 0.1) is 0 Å². The van der Waals surface area contributed by atoms with Crippen molar-refractivity contribution in [2.75, 3.05) is 0 Å². The Morgan fingerprint density at radius 2 is 1.95 bits per heavy atom. The molecule has 0 fully saturated rings. The minimum Gasteiger partial charge on any atom is -0.458 e. The average Bonchev–Trinajstić information content (AvgIpc) is 2.88. The maximum absolute atomic E-state index is 11.7. The third-order valence-corrected chi connectivity index (χ3v) is 3.82. The van der Waals surface area contributed by atoms with Crippen LogP contribution in [-0.4, -0.2) is 5.97 Å². The number of hydrogen-bond acceptors (Lipinski definition) is 4. The fourth-order valence-electron chi connectivity index (χ4n) is 2.84. The summed E-state index contributed by atoms with van der Waals surface area (Å²) in [6, 6.07) is 5.41. The lowest BCUT2D eigenvalue weighted by atomic mass is 10.0. The molecule has 22 heavy (non-hydrogen) atoms. The number of carbonyl (C=O) groups excluding carboxylic acids is 1. The van der Waals surface area contributed by atoms with E-state index >= 15 is 0 Å². The molecule has 4 nitrogen and oxygen atoms in total. The highest BCUT2D eigenvalue weighted by molar-refractivity contribution is 5.84. The maximum atomic E-state index is 11.7. The number of carbonyl (C=O) groups is 1. The summed E-state index contributed by atoms with van der Waals surface area (Å²) >= 11 is 0. The highest BCUT2D eigenvalue weighted by atomic mass is 16.5. The van der Waals surface area contributed by atoms with Gasteiger partial charge in [-0.15, -0.1) is 0 Å². The first-order valence-corrected chi connectivity index (χ1v) is 7.43. The van der Waals surface area contributed by atoms with E-state index in [0.29, 0.717) is 11.1 Å². The summed E-state index contributed by atoms with van der Waals surface area (Å²) < 4.78 is 10.5. The highest BCUT2D eigenvalue weighted by Crippen LogP contribution is 2.28. The van der Waals surface area contributed by atoms with Gasteiger partial charge in [0.1, 0.15) is 12.2 Å². The van der Waals surface area contributed by atoms with Crippen LogP contribution in [0.4, 0.5) is 0 Å². The highest BCUT2D eigenvalue weighted by Gasteiger charge is 2.15. The first-order chi connectivity index (χ1) is 10.5. The third kappa shape index (κ3) is 2.96. The molecule has 0 atom stereocenters. The summed E-state index contributed by atoms with van der Waals surface area (Å²) in [6.45, 7) is 3.73. The first kappa shape index (κ1) is 14.6. The molecule has 1 aromatic carbocycles. The van der Waals surface area contributed by atoms with Gasteiger partial charge in [-0.25, -0.2) is 9.59 Å². The molecule has 3 rings (SSSR count). The molecule has 4 heteroatoms. The van der Waals surface area contributed by atoms with Crippen molar-refractivity contribution < 1.29 is 13.9 Å². The Morgan fingerprint density at radius 3 is 2.68 bits per heavy atom. The van der Waals surface area contributed by atoms with Gasteiger partial charge in [-0.2, -0.15) is 0 Å². The van der Waals surface area contributed by atoms with Crippen LogP contribution in [0.15, 0.2) is 39.1 Å². The minimum absolute atomic E-state index is 0.0729. The van der Waals surface area contributed by atoms with Crippen molar-refractivity contribution in [3.05, 3.63) is 57.0 Å². The van der Waals surface area contributed by atoms with E-state index in [1.54, 1.807) is 0 Å². The Labute approximate surface area is 128 Å². The van der Waals surface area contributed by atoms with E-state index in [1.165, 1.54) is 23.3 Å². The maximum Gasteiger partial charge on any atom is 0.336 e. The Bertz CT molecular complexity index is 823. The van der Waals surface area contributed by atoms with Gasteiger partial charge in [0.2, 0.25) is 0 Å². The van der Waals surface area contributed by atoms with Gasteiger partial charge in [0.25, 0.3) is 0 Å². The second kappa shape index (κ2) is 5.79. The zero-order valence-electron chi connectivity index (χ0n) is 12.8. The van der Waals surface area contributed by atoms with E-state index in [1.807, 2.05) is 19.9 Å². The van der Waals surface area contributed by atoms with Gasteiger partial charge < -0.3 is 9.15 Å². The standard InChI is InChI=1S/C18H18O4/c1-11(2)6-17(19)21-10-14-9-18(20)22-16-8-13-5-3-4-12(13)7-15(14)16/h6-9H,3-5,10H2,1-2H3. The Morgan fingerprint density at radius 1 is 1.23 bits per heavy atom. The number of aryl methyl sites for hydroxylation is 2. The summed E-state index contributed by atoms with van der Waals surface area (Å²) in [5.41, 5.74) is 4.25. The SMILES string of the molecule is CC(C)=CC(=O)OCc1cc(=O)oc2cc3c(cc12)CCC3. The van der Waals surface area contributed by atoms with Crippen LogP contribution in [0.2, 0.25) is 0 Å². The normalized spacial score (nSPS) is 13.0. The molecular weight excluding hydrogens is 280 g/mol. The quantitative estimate of drug-likeness (QED) is 0.495. The van der Waals surface area contributed by atoms with Gasteiger partial charge in [-0.3, -0.25) is 0 Å². The van der Waals surface area contributed by atoms with E-state index in [4.69, 9.17) is 9.15 Å². The predicted molar refractivity (Wildman–Crippen MR) is 83.7 cm³/mol. The fraction of sp³-hybridized carbons (Fsp3) is 0.333. The number of esters is 1. The molecule has 1 aliphatic rings. The van der Waals surface area contributed by atoms with Gasteiger partial charge in [0, 0.05) is 23.1 Å². The molecule has 0 spiro atoms. The van der Waals surface area contributed by atoms with Crippen LogP contribution in [0.25, 0.3) is 11.0 Å². The summed E-state index contributed by atoms with van der Waals surface area (Å²) in [4.78, 5) is 23.3. The molecule has 0 bridgehead atoms. The lowest BCUT2D eigenvalue weighted by Crippen LogP contribution is -2.06. The number of hydrogen-bond donors (Lipinski definition) is 0. The molecule has 1 aliphatic carbocycles. The van der Waals surface area contributed by atoms with Crippen molar-refractivity contribution in [3.8, 4) is 0 Å². The molecule has 0 N–H and O–H groups in total. The van der Waals surface area contributed by atoms with Crippen LogP contribution in [0.1, 0.15) is 37.0 Å². The largest absolute Gasteiger partial charge is 0.458 e. The molecule has 0 unspecified atom stereocenters. The van der Waals surface area contributed by atoms with Crippen LogP contribution < -0.4 is 5.63 Å². The number of ether oxygens (including phenoxy) is 1. The molecule has 0 amide bonds. The topological polar surface area (TPSA) is 56.5 Å². The molecular formula is C18H18O4. The van der Waals surface area contributed by atoms with Crippen molar-refractivity contribution in [1.29, 1.82) is 0 Å². The molecule has 2 aromatic rings. The summed E-state index contributed by atoms with van der Waals surface area (Å²) in [6.07, 6.45) is 4.63.